The number of halogens is 1. The Kier molecular flexibility index (Phi) is 3.33. The van der Waals surface area contributed by atoms with Gasteiger partial charge in [-0.1, -0.05) is 11.6 Å². The Hall–Kier alpha value is -1.24. The summed E-state index contributed by atoms with van der Waals surface area (Å²) < 4.78 is 0. The summed E-state index contributed by atoms with van der Waals surface area (Å²) in [6, 6.07) is 8.25. The normalized spacial score (nSPS) is 15.3. The van der Waals surface area contributed by atoms with Crippen LogP contribution in [0.3, 0.4) is 0 Å². The monoisotopic (exact) mass is 235 g/mol. The molecule has 0 spiro atoms. The van der Waals surface area contributed by atoms with Gasteiger partial charge in [0, 0.05) is 25.3 Å². The highest BCUT2D eigenvalue weighted by molar-refractivity contribution is 6.32. The summed E-state index contributed by atoms with van der Waals surface area (Å²) in [6.45, 7) is 5.12. The maximum Gasteiger partial charge on any atom is 0.101 e. The molecule has 1 fully saturated rings. The predicted octanol–water partition coefficient (Wildman–Crippen LogP) is 2.01. The second-order valence-electron chi connectivity index (χ2n) is 3.87. The first-order valence-corrected chi connectivity index (χ1v) is 5.81. The number of nitriles is 1. The van der Waals surface area contributed by atoms with Crippen molar-refractivity contribution in [3.05, 3.63) is 28.8 Å². The molecule has 1 N–H and O–H groups in total. The molecule has 1 aromatic rings. The van der Waals surface area contributed by atoms with Crippen LogP contribution in [0.25, 0.3) is 0 Å². The van der Waals surface area contributed by atoms with Crippen LogP contribution in [0.5, 0.6) is 0 Å². The van der Waals surface area contributed by atoms with E-state index >= 15 is 0 Å². The smallest absolute Gasteiger partial charge is 0.101 e. The molecule has 2 rings (SSSR count). The Morgan fingerprint density at radius 2 is 2.31 bits per heavy atom. The van der Waals surface area contributed by atoms with Crippen molar-refractivity contribution in [1.29, 1.82) is 5.26 Å². The first kappa shape index (κ1) is 11.3. The van der Waals surface area contributed by atoms with Gasteiger partial charge in [0.1, 0.15) is 6.07 Å². The summed E-state index contributed by atoms with van der Waals surface area (Å²) >= 11 is 6.03. The van der Waals surface area contributed by atoms with Crippen LogP contribution in [-0.4, -0.2) is 25.7 Å². The lowest BCUT2D eigenvalue weighted by Gasteiger charge is -2.39. The average Bonchev–Trinajstić information content (AvgIpc) is 2.23. The summed E-state index contributed by atoms with van der Waals surface area (Å²) in [5.74, 6) is 0. The van der Waals surface area contributed by atoms with Crippen molar-refractivity contribution in [3.8, 4) is 6.07 Å². The zero-order valence-electron chi connectivity index (χ0n) is 9.20. The Labute approximate surface area is 101 Å². The standard InChI is InChI=1S/C12H14ClN3/c1-2-16(11-7-15-8-11)10-4-3-9(6-14)12(13)5-10/h3-5,11,15H,2,7-8H2,1H3. The van der Waals surface area contributed by atoms with E-state index in [1.165, 1.54) is 0 Å². The largest absolute Gasteiger partial charge is 0.366 e. The van der Waals surface area contributed by atoms with Crippen molar-refractivity contribution in [1.82, 2.24) is 5.32 Å². The Morgan fingerprint density at radius 3 is 2.75 bits per heavy atom. The van der Waals surface area contributed by atoms with E-state index in [0.29, 0.717) is 16.6 Å². The Bertz CT molecular complexity index is 421. The molecular formula is C12H14ClN3. The van der Waals surface area contributed by atoms with Crippen molar-refractivity contribution in [3.63, 3.8) is 0 Å². The van der Waals surface area contributed by atoms with Crippen molar-refractivity contribution >= 4 is 17.3 Å². The third kappa shape index (κ3) is 1.99. The first-order valence-electron chi connectivity index (χ1n) is 5.43. The van der Waals surface area contributed by atoms with Crippen molar-refractivity contribution in [2.45, 2.75) is 13.0 Å². The molecule has 1 aliphatic rings. The van der Waals surface area contributed by atoms with Gasteiger partial charge in [-0.2, -0.15) is 5.26 Å². The van der Waals surface area contributed by atoms with Crippen LogP contribution in [0.15, 0.2) is 18.2 Å². The van der Waals surface area contributed by atoms with E-state index in [4.69, 9.17) is 16.9 Å². The van der Waals surface area contributed by atoms with Gasteiger partial charge in [0.2, 0.25) is 0 Å². The summed E-state index contributed by atoms with van der Waals surface area (Å²) in [6.07, 6.45) is 0. The molecule has 16 heavy (non-hydrogen) atoms. The van der Waals surface area contributed by atoms with Crippen LogP contribution in [0.2, 0.25) is 5.02 Å². The minimum Gasteiger partial charge on any atom is -0.366 e. The molecule has 0 radical (unpaired) electrons. The van der Waals surface area contributed by atoms with Crippen LogP contribution < -0.4 is 10.2 Å². The lowest BCUT2D eigenvalue weighted by Crippen LogP contribution is -2.57. The molecule has 1 aliphatic heterocycles. The quantitative estimate of drug-likeness (QED) is 0.871. The fraction of sp³-hybridized carbons (Fsp3) is 0.417. The van der Waals surface area contributed by atoms with Crippen LogP contribution in [-0.2, 0) is 0 Å². The third-order valence-electron chi connectivity index (χ3n) is 2.95. The molecule has 1 heterocycles. The summed E-state index contributed by atoms with van der Waals surface area (Å²) in [4.78, 5) is 2.31. The third-order valence-corrected chi connectivity index (χ3v) is 3.26. The molecule has 0 saturated carbocycles. The van der Waals surface area contributed by atoms with Gasteiger partial charge in [-0.15, -0.1) is 0 Å². The second-order valence-corrected chi connectivity index (χ2v) is 4.28. The predicted molar refractivity (Wildman–Crippen MR) is 65.8 cm³/mol. The lowest BCUT2D eigenvalue weighted by molar-refractivity contribution is 0.417. The van der Waals surface area contributed by atoms with Crippen molar-refractivity contribution in [2.24, 2.45) is 0 Å². The molecule has 0 unspecified atom stereocenters. The molecule has 0 aliphatic carbocycles. The molecule has 3 nitrogen and oxygen atoms in total. The van der Waals surface area contributed by atoms with Crippen LogP contribution in [0.4, 0.5) is 5.69 Å². The van der Waals surface area contributed by atoms with E-state index in [-0.39, 0.29) is 0 Å². The number of rotatable bonds is 3. The zero-order chi connectivity index (χ0) is 11.5. The van der Waals surface area contributed by atoms with E-state index in [9.17, 15) is 0 Å². The molecule has 0 aromatic heterocycles. The molecule has 0 amide bonds. The van der Waals surface area contributed by atoms with Gasteiger partial charge in [-0.05, 0) is 25.1 Å². The number of benzene rings is 1. The summed E-state index contributed by atoms with van der Waals surface area (Å²) in [5.41, 5.74) is 1.63. The van der Waals surface area contributed by atoms with Crippen molar-refractivity contribution in [2.75, 3.05) is 24.5 Å². The molecule has 0 atom stereocenters. The lowest BCUT2D eigenvalue weighted by atomic mass is 10.1. The average molecular weight is 236 g/mol. The number of nitrogens with one attached hydrogen (secondary N) is 1. The van der Waals surface area contributed by atoms with Crippen LogP contribution in [0, 0.1) is 11.3 Å². The minimum atomic E-state index is 0.533. The van der Waals surface area contributed by atoms with E-state index in [1.807, 2.05) is 12.1 Å². The fourth-order valence-electron chi connectivity index (χ4n) is 1.92. The van der Waals surface area contributed by atoms with Gasteiger partial charge in [-0.3, -0.25) is 0 Å². The molecule has 1 saturated heterocycles. The number of hydrogen-bond donors (Lipinski definition) is 1. The first-order chi connectivity index (χ1) is 7.76. The van der Waals surface area contributed by atoms with E-state index in [0.717, 1.165) is 25.3 Å². The SMILES string of the molecule is CCN(c1ccc(C#N)c(Cl)c1)C1CNC1. The highest BCUT2D eigenvalue weighted by Crippen LogP contribution is 2.25. The molecule has 4 heteroatoms. The fourth-order valence-corrected chi connectivity index (χ4v) is 2.14. The highest BCUT2D eigenvalue weighted by Gasteiger charge is 2.23. The topological polar surface area (TPSA) is 39.1 Å². The summed E-state index contributed by atoms with van der Waals surface area (Å²) in [5, 5.41) is 12.6. The van der Waals surface area contributed by atoms with E-state index < -0.39 is 0 Å². The molecular weight excluding hydrogens is 222 g/mol. The maximum atomic E-state index is 8.81. The Balaban J connectivity index is 2.25. The van der Waals surface area contributed by atoms with E-state index in [1.54, 1.807) is 6.07 Å². The van der Waals surface area contributed by atoms with Gasteiger partial charge in [0.25, 0.3) is 0 Å². The molecule has 0 bridgehead atoms. The highest BCUT2D eigenvalue weighted by atomic mass is 35.5. The number of hydrogen-bond acceptors (Lipinski definition) is 3. The second kappa shape index (κ2) is 4.73. The van der Waals surface area contributed by atoms with E-state index in [2.05, 4.69) is 23.2 Å². The van der Waals surface area contributed by atoms with Crippen LogP contribution in [0.1, 0.15) is 12.5 Å². The number of anilines is 1. The summed E-state index contributed by atoms with van der Waals surface area (Å²) in [7, 11) is 0. The number of likely N-dealkylation sites (N-methyl/N-ethyl adjacent to an activating group) is 1. The Morgan fingerprint density at radius 1 is 1.56 bits per heavy atom. The van der Waals surface area contributed by atoms with Crippen molar-refractivity contribution < 1.29 is 0 Å². The van der Waals surface area contributed by atoms with Gasteiger partial charge in [0.15, 0.2) is 0 Å². The zero-order valence-corrected chi connectivity index (χ0v) is 9.96. The van der Waals surface area contributed by atoms with Gasteiger partial charge in [-0.25, -0.2) is 0 Å². The van der Waals surface area contributed by atoms with Gasteiger partial charge >= 0.3 is 0 Å². The molecule has 84 valence electrons. The maximum absolute atomic E-state index is 8.81. The van der Waals surface area contributed by atoms with Gasteiger partial charge < -0.3 is 10.2 Å². The number of nitrogens with zero attached hydrogens (tertiary/aromatic N) is 2. The minimum absolute atomic E-state index is 0.533. The van der Waals surface area contributed by atoms with Gasteiger partial charge in [0.05, 0.1) is 16.6 Å². The van der Waals surface area contributed by atoms with Crippen LogP contribution >= 0.6 is 11.6 Å². The molecule has 1 aromatic carbocycles.